The number of aliphatic imine (C=N–C) groups is 1. The fourth-order valence-electron chi connectivity index (χ4n) is 3.06. The maximum Gasteiger partial charge on any atom is 0.353 e. The van der Waals surface area contributed by atoms with Gasteiger partial charge in [-0.3, -0.25) is 0 Å². The monoisotopic (exact) mass is 335 g/mol. The summed E-state index contributed by atoms with van der Waals surface area (Å²) in [6, 6.07) is 0. The molecule has 1 unspecified atom stereocenters. The summed E-state index contributed by atoms with van der Waals surface area (Å²) < 4.78 is 11.8. The van der Waals surface area contributed by atoms with E-state index < -0.39 is 12.1 Å². The zero-order valence-corrected chi connectivity index (χ0v) is 14.3. The number of rotatable bonds is 7. The summed E-state index contributed by atoms with van der Waals surface area (Å²) in [7, 11) is 0. The largest absolute Gasteiger partial charge is 0.488 e. The maximum atomic E-state index is 11.5. The molecule has 0 bridgehead atoms. The first-order chi connectivity index (χ1) is 11.6. The summed E-state index contributed by atoms with van der Waals surface area (Å²) in [4.78, 5) is 27.0. The van der Waals surface area contributed by atoms with Crippen LogP contribution in [-0.4, -0.2) is 41.0 Å². The van der Waals surface area contributed by atoms with Gasteiger partial charge in [0.1, 0.15) is 17.6 Å². The van der Waals surface area contributed by atoms with Gasteiger partial charge in [0.05, 0.1) is 18.4 Å². The van der Waals surface area contributed by atoms with Crippen molar-refractivity contribution in [3.8, 4) is 0 Å². The van der Waals surface area contributed by atoms with Gasteiger partial charge in [-0.2, -0.15) is 0 Å². The Morgan fingerprint density at radius 3 is 2.54 bits per heavy atom. The molecule has 24 heavy (non-hydrogen) atoms. The van der Waals surface area contributed by atoms with E-state index in [9.17, 15) is 14.7 Å². The Kier molecular flexibility index (Phi) is 6.76. The van der Waals surface area contributed by atoms with E-state index in [1.807, 2.05) is 19.8 Å². The van der Waals surface area contributed by atoms with Crippen LogP contribution in [0.3, 0.4) is 0 Å². The van der Waals surface area contributed by atoms with E-state index in [-0.39, 0.29) is 29.3 Å². The van der Waals surface area contributed by atoms with Gasteiger partial charge in [-0.15, -0.1) is 0 Å². The third kappa shape index (κ3) is 4.34. The van der Waals surface area contributed by atoms with E-state index in [4.69, 9.17) is 9.47 Å². The van der Waals surface area contributed by atoms with Crippen molar-refractivity contribution in [1.29, 1.82) is 0 Å². The molecule has 1 aliphatic heterocycles. The molecule has 0 aromatic heterocycles. The number of carbonyl (C=O) groups is 1. The maximum absolute atomic E-state index is 11.5. The summed E-state index contributed by atoms with van der Waals surface area (Å²) in [6.07, 6.45) is 6.69. The Balaban J connectivity index is 2.25. The molecule has 1 atom stereocenters. The van der Waals surface area contributed by atoms with Crippen LogP contribution >= 0.6 is 0 Å². The topological polar surface area (TPSA) is 85.2 Å². The lowest BCUT2D eigenvalue weighted by atomic mass is 9.96. The Bertz CT molecular complexity index is 564. The first-order valence-corrected chi connectivity index (χ1v) is 8.69. The molecule has 2 rings (SSSR count). The zero-order chi connectivity index (χ0) is 17.5. The molecule has 0 amide bonds. The third-order valence-corrected chi connectivity index (χ3v) is 4.51. The molecule has 0 spiro atoms. The van der Waals surface area contributed by atoms with Crippen LogP contribution in [0.2, 0.25) is 0 Å². The first-order valence-electron chi connectivity index (χ1n) is 8.69. The number of hydrogen-bond acceptors (Lipinski definition) is 5. The standard InChI is InChI=1S/C18H25NO5/c1-3-12(4-2)23-15-10-19-16(18(21)22)17(14(15)11-20)24-13-8-6-5-7-9-13/h10,12-13,17H,3-9H2,1-2H3,(H,21,22). The summed E-state index contributed by atoms with van der Waals surface area (Å²) in [5.41, 5.74) is -0.0873. The van der Waals surface area contributed by atoms with E-state index in [1.165, 1.54) is 6.20 Å². The van der Waals surface area contributed by atoms with Crippen LogP contribution < -0.4 is 0 Å². The predicted molar refractivity (Wildman–Crippen MR) is 89.6 cm³/mol. The van der Waals surface area contributed by atoms with Crippen LogP contribution in [0, 0.1) is 0 Å². The van der Waals surface area contributed by atoms with Crippen molar-refractivity contribution < 1.29 is 24.2 Å². The lowest BCUT2D eigenvalue weighted by Crippen LogP contribution is -2.39. The molecular formula is C18H25NO5. The van der Waals surface area contributed by atoms with E-state index in [1.54, 1.807) is 0 Å². The van der Waals surface area contributed by atoms with Gasteiger partial charge in [0.2, 0.25) is 0 Å². The molecular weight excluding hydrogens is 310 g/mol. The van der Waals surface area contributed by atoms with Gasteiger partial charge in [-0.1, -0.05) is 33.1 Å². The minimum Gasteiger partial charge on any atom is -0.488 e. The van der Waals surface area contributed by atoms with Crippen LogP contribution in [0.5, 0.6) is 0 Å². The predicted octanol–water partition coefficient (Wildman–Crippen LogP) is 3.05. The second-order valence-electron chi connectivity index (χ2n) is 6.16. The first kappa shape index (κ1) is 18.4. The van der Waals surface area contributed by atoms with Crippen LogP contribution in [0.4, 0.5) is 0 Å². The van der Waals surface area contributed by atoms with Gasteiger partial charge in [-0.25, -0.2) is 14.6 Å². The minimum absolute atomic E-state index is 0.0588. The van der Waals surface area contributed by atoms with Crippen molar-refractivity contribution in [2.45, 2.75) is 77.1 Å². The lowest BCUT2D eigenvalue weighted by Gasteiger charge is -2.30. The van der Waals surface area contributed by atoms with Gasteiger partial charge >= 0.3 is 5.97 Å². The molecule has 1 aliphatic carbocycles. The summed E-state index contributed by atoms with van der Waals surface area (Å²) in [6.45, 7) is 3.98. The van der Waals surface area contributed by atoms with Crippen LogP contribution in [0.1, 0.15) is 58.8 Å². The average Bonchev–Trinajstić information content (AvgIpc) is 2.60. The molecule has 1 N–H and O–H groups in total. The van der Waals surface area contributed by atoms with Gasteiger partial charge in [0, 0.05) is 0 Å². The highest BCUT2D eigenvalue weighted by Crippen LogP contribution is 2.29. The van der Waals surface area contributed by atoms with Crippen molar-refractivity contribution in [3.63, 3.8) is 0 Å². The zero-order valence-electron chi connectivity index (χ0n) is 14.3. The number of nitrogens with zero attached hydrogens (tertiary/aromatic N) is 1. The highest BCUT2D eigenvalue weighted by atomic mass is 16.5. The Hall–Kier alpha value is -1.91. The van der Waals surface area contributed by atoms with E-state index in [0.717, 1.165) is 44.9 Å². The smallest absolute Gasteiger partial charge is 0.353 e. The van der Waals surface area contributed by atoms with Gasteiger partial charge in [0.15, 0.2) is 11.5 Å². The molecule has 1 heterocycles. The van der Waals surface area contributed by atoms with Crippen LogP contribution in [-0.2, 0) is 19.1 Å². The number of hydrogen-bond donors (Lipinski definition) is 1. The number of carboxylic acid groups (broad SMARTS) is 1. The van der Waals surface area contributed by atoms with Crippen LogP contribution in [0.15, 0.2) is 22.5 Å². The highest BCUT2D eigenvalue weighted by molar-refractivity contribution is 6.39. The quantitative estimate of drug-likeness (QED) is 0.723. The van der Waals surface area contributed by atoms with Gasteiger partial charge < -0.3 is 14.6 Å². The fourth-order valence-corrected chi connectivity index (χ4v) is 3.06. The number of carboxylic acids is 1. The molecule has 0 radical (unpaired) electrons. The summed E-state index contributed by atoms with van der Waals surface area (Å²) in [5.74, 6) is 0.911. The van der Waals surface area contributed by atoms with Gasteiger partial charge in [-0.05, 0) is 25.7 Å². The van der Waals surface area contributed by atoms with Crippen molar-refractivity contribution in [2.24, 2.45) is 4.99 Å². The second-order valence-corrected chi connectivity index (χ2v) is 6.16. The minimum atomic E-state index is -1.19. The fraction of sp³-hybridized carbons (Fsp3) is 0.667. The lowest BCUT2D eigenvalue weighted by molar-refractivity contribution is -0.130. The van der Waals surface area contributed by atoms with E-state index in [0.29, 0.717) is 0 Å². The molecule has 0 aromatic carbocycles. The molecule has 6 nitrogen and oxygen atoms in total. The van der Waals surface area contributed by atoms with Crippen molar-refractivity contribution >= 4 is 17.6 Å². The number of aliphatic carboxylic acids is 1. The highest BCUT2D eigenvalue weighted by Gasteiger charge is 2.36. The molecule has 1 fully saturated rings. The molecule has 6 heteroatoms. The normalized spacial score (nSPS) is 22.0. The van der Waals surface area contributed by atoms with Crippen molar-refractivity contribution in [3.05, 3.63) is 17.5 Å². The average molecular weight is 335 g/mol. The van der Waals surface area contributed by atoms with E-state index in [2.05, 4.69) is 4.99 Å². The Morgan fingerprint density at radius 2 is 2.00 bits per heavy atom. The molecule has 0 aromatic rings. The Morgan fingerprint density at radius 1 is 1.33 bits per heavy atom. The summed E-state index contributed by atoms with van der Waals surface area (Å²) >= 11 is 0. The van der Waals surface area contributed by atoms with Crippen molar-refractivity contribution in [2.75, 3.05) is 0 Å². The van der Waals surface area contributed by atoms with Crippen LogP contribution in [0.25, 0.3) is 0 Å². The second kappa shape index (κ2) is 8.81. The number of carbonyl (C=O) groups excluding carboxylic acids is 1. The van der Waals surface area contributed by atoms with E-state index >= 15 is 0 Å². The third-order valence-electron chi connectivity index (χ3n) is 4.51. The SMILES string of the molecule is CCC(CC)OC1=CN=C(C(=O)O)C(OC2CCCCC2)C1=C=O. The molecule has 1 saturated carbocycles. The molecule has 2 aliphatic rings. The molecule has 0 saturated heterocycles. The summed E-state index contributed by atoms with van der Waals surface area (Å²) in [5, 5.41) is 9.39. The van der Waals surface area contributed by atoms with Crippen molar-refractivity contribution in [1.82, 2.24) is 0 Å². The van der Waals surface area contributed by atoms with Gasteiger partial charge in [0.25, 0.3) is 0 Å². The molecule has 132 valence electrons. The Labute approximate surface area is 142 Å². The number of ether oxygens (including phenoxy) is 2.